The summed E-state index contributed by atoms with van der Waals surface area (Å²) < 4.78 is 0. The van der Waals surface area contributed by atoms with Crippen LogP contribution in [-0.4, -0.2) is 37.0 Å². The van der Waals surface area contributed by atoms with Crippen molar-refractivity contribution in [1.29, 1.82) is 0 Å². The van der Waals surface area contributed by atoms with E-state index in [-0.39, 0.29) is 0 Å². The fourth-order valence-corrected chi connectivity index (χ4v) is 0.724. The third-order valence-electron chi connectivity index (χ3n) is 1.43. The lowest BCUT2D eigenvalue weighted by Crippen LogP contribution is -2.30. The summed E-state index contributed by atoms with van der Waals surface area (Å²) in [5.41, 5.74) is 0. The van der Waals surface area contributed by atoms with Gasteiger partial charge in [0.2, 0.25) is 0 Å². The number of hydrogen-bond donors (Lipinski definition) is 1. The van der Waals surface area contributed by atoms with Gasteiger partial charge in [0.15, 0.2) is 5.29 Å². The Bertz CT molecular complexity index is 134. The van der Waals surface area contributed by atoms with Crippen LogP contribution in [0.5, 0.6) is 0 Å². The molecule has 0 aromatic heterocycles. The minimum absolute atomic E-state index is 0.392. The number of nitrogens with one attached hydrogen (secondary N) is 1. The van der Waals surface area contributed by atoms with E-state index in [1.165, 1.54) is 0 Å². The van der Waals surface area contributed by atoms with Crippen LogP contribution in [0, 0.1) is 0 Å². The Morgan fingerprint density at radius 2 is 2.18 bits per heavy atom. The SMILES string of the molecule is CNC/N=C(/Cl)N(C)C(C)C. The molecule has 0 saturated heterocycles. The van der Waals surface area contributed by atoms with Crippen LogP contribution >= 0.6 is 11.6 Å². The standard InChI is InChI=1S/C7H16ClN3/c1-6(2)11(4)7(8)10-5-9-3/h6,9H,5H2,1-4H3/b10-7-. The zero-order valence-electron chi connectivity index (χ0n) is 7.56. The molecule has 0 aromatic carbocycles. The maximum Gasteiger partial charge on any atom is 0.195 e. The summed E-state index contributed by atoms with van der Waals surface area (Å²) in [6, 6.07) is 0.392. The molecule has 0 rings (SSSR count). The molecule has 0 aliphatic rings. The highest BCUT2D eigenvalue weighted by Gasteiger charge is 2.05. The lowest BCUT2D eigenvalue weighted by Gasteiger charge is -2.20. The molecule has 0 aromatic rings. The molecule has 0 fully saturated rings. The average Bonchev–Trinajstić information content (AvgIpc) is 1.98. The van der Waals surface area contributed by atoms with Gasteiger partial charge in [-0.15, -0.1) is 0 Å². The number of rotatable bonds is 3. The zero-order chi connectivity index (χ0) is 8.85. The normalized spacial score (nSPS) is 12.4. The Hall–Kier alpha value is -0.280. The third-order valence-corrected chi connectivity index (χ3v) is 1.82. The van der Waals surface area contributed by atoms with Gasteiger partial charge in [-0.25, -0.2) is 4.99 Å². The molecule has 4 heteroatoms. The molecule has 3 nitrogen and oxygen atoms in total. The fraction of sp³-hybridized carbons (Fsp3) is 0.857. The summed E-state index contributed by atoms with van der Waals surface area (Å²) in [7, 11) is 3.76. The summed E-state index contributed by atoms with van der Waals surface area (Å²) in [6.07, 6.45) is 0. The minimum atomic E-state index is 0.392. The Morgan fingerprint density at radius 3 is 2.55 bits per heavy atom. The Morgan fingerprint density at radius 1 is 1.64 bits per heavy atom. The van der Waals surface area contributed by atoms with Crippen LogP contribution in [0.15, 0.2) is 4.99 Å². The Kier molecular flexibility index (Phi) is 5.24. The van der Waals surface area contributed by atoms with Crippen LogP contribution in [-0.2, 0) is 0 Å². The van der Waals surface area contributed by atoms with E-state index in [2.05, 4.69) is 24.2 Å². The van der Waals surface area contributed by atoms with Crippen molar-refractivity contribution >= 4 is 16.9 Å². The van der Waals surface area contributed by atoms with Crippen LogP contribution < -0.4 is 5.32 Å². The van der Waals surface area contributed by atoms with E-state index in [0.29, 0.717) is 18.0 Å². The smallest absolute Gasteiger partial charge is 0.195 e. The maximum atomic E-state index is 5.84. The molecule has 0 radical (unpaired) electrons. The van der Waals surface area contributed by atoms with E-state index < -0.39 is 0 Å². The van der Waals surface area contributed by atoms with Crippen molar-refractivity contribution < 1.29 is 0 Å². The van der Waals surface area contributed by atoms with Gasteiger partial charge >= 0.3 is 0 Å². The zero-order valence-corrected chi connectivity index (χ0v) is 8.31. The van der Waals surface area contributed by atoms with Crippen molar-refractivity contribution in [3.05, 3.63) is 0 Å². The van der Waals surface area contributed by atoms with Gasteiger partial charge < -0.3 is 10.2 Å². The maximum absolute atomic E-state index is 5.84. The highest BCUT2D eigenvalue weighted by atomic mass is 35.5. The molecule has 0 spiro atoms. The van der Waals surface area contributed by atoms with E-state index >= 15 is 0 Å². The van der Waals surface area contributed by atoms with Crippen molar-refractivity contribution in [2.75, 3.05) is 20.8 Å². The molecule has 0 bridgehead atoms. The quantitative estimate of drug-likeness (QED) is 0.397. The second kappa shape index (κ2) is 5.38. The van der Waals surface area contributed by atoms with E-state index in [1.54, 1.807) is 0 Å². The van der Waals surface area contributed by atoms with Crippen LogP contribution in [0.2, 0.25) is 0 Å². The molecule has 0 unspecified atom stereocenters. The largest absolute Gasteiger partial charge is 0.348 e. The molecule has 0 aliphatic carbocycles. The monoisotopic (exact) mass is 177 g/mol. The van der Waals surface area contributed by atoms with Crippen LogP contribution in [0.1, 0.15) is 13.8 Å². The molecule has 1 N–H and O–H groups in total. The lowest BCUT2D eigenvalue weighted by atomic mass is 10.4. The second-order valence-electron chi connectivity index (χ2n) is 2.64. The number of halogens is 1. The molecule has 0 amide bonds. The van der Waals surface area contributed by atoms with Gasteiger partial charge in [-0.2, -0.15) is 0 Å². The van der Waals surface area contributed by atoms with Crippen LogP contribution in [0.25, 0.3) is 0 Å². The van der Waals surface area contributed by atoms with E-state index in [4.69, 9.17) is 11.6 Å². The summed E-state index contributed by atoms with van der Waals surface area (Å²) in [4.78, 5) is 5.98. The van der Waals surface area contributed by atoms with E-state index in [1.807, 2.05) is 19.0 Å². The van der Waals surface area contributed by atoms with Crippen molar-refractivity contribution in [2.24, 2.45) is 4.99 Å². The van der Waals surface area contributed by atoms with Crippen molar-refractivity contribution in [3.63, 3.8) is 0 Å². The van der Waals surface area contributed by atoms with Crippen LogP contribution in [0.3, 0.4) is 0 Å². The number of amidine groups is 1. The van der Waals surface area contributed by atoms with Gasteiger partial charge in [0.1, 0.15) is 0 Å². The molecule has 66 valence electrons. The van der Waals surface area contributed by atoms with Gasteiger partial charge in [0, 0.05) is 13.1 Å². The Balaban J connectivity index is 3.89. The van der Waals surface area contributed by atoms with E-state index in [0.717, 1.165) is 0 Å². The van der Waals surface area contributed by atoms with Gasteiger partial charge in [-0.05, 0) is 32.5 Å². The predicted octanol–water partition coefficient (Wildman–Crippen LogP) is 1.10. The topological polar surface area (TPSA) is 27.6 Å². The summed E-state index contributed by atoms with van der Waals surface area (Å²) in [6.45, 7) is 4.70. The van der Waals surface area contributed by atoms with Gasteiger partial charge in [0.05, 0.1) is 6.67 Å². The molecule has 11 heavy (non-hydrogen) atoms. The molecule has 0 heterocycles. The number of hydrogen-bond acceptors (Lipinski definition) is 2. The Labute approximate surface area is 73.4 Å². The fourth-order valence-electron chi connectivity index (χ4n) is 0.469. The van der Waals surface area contributed by atoms with Gasteiger partial charge in [-0.1, -0.05) is 0 Å². The van der Waals surface area contributed by atoms with Gasteiger partial charge in [0.25, 0.3) is 0 Å². The first-order valence-corrected chi connectivity index (χ1v) is 4.04. The van der Waals surface area contributed by atoms with E-state index in [9.17, 15) is 0 Å². The number of aliphatic imine (C=N–C) groups is 1. The summed E-state index contributed by atoms with van der Waals surface area (Å²) in [5.74, 6) is 0. The average molecular weight is 178 g/mol. The lowest BCUT2D eigenvalue weighted by molar-refractivity contribution is 0.422. The first-order valence-electron chi connectivity index (χ1n) is 3.67. The first kappa shape index (κ1) is 10.7. The predicted molar refractivity (Wildman–Crippen MR) is 50.1 cm³/mol. The van der Waals surface area contributed by atoms with Crippen molar-refractivity contribution in [1.82, 2.24) is 10.2 Å². The summed E-state index contributed by atoms with van der Waals surface area (Å²) >= 11 is 5.84. The number of nitrogens with zero attached hydrogens (tertiary/aromatic N) is 2. The first-order chi connectivity index (χ1) is 5.09. The van der Waals surface area contributed by atoms with Gasteiger partial charge in [-0.3, -0.25) is 0 Å². The molecule has 0 atom stereocenters. The molecule has 0 aliphatic heterocycles. The second-order valence-corrected chi connectivity index (χ2v) is 2.98. The van der Waals surface area contributed by atoms with Crippen molar-refractivity contribution in [3.8, 4) is 0 Å². The van der Waals surface area contributed by atoms with Crippen LogP contribution in [0.4, 0.5) is 0 Å². The highest BCUT2D eigenvalue weighted by Crippen LogP contribution is 1.99. The molecular formula is C7H16ClN3. The highest BCUT2D eigenvalue weighted by molar-refractivity contribution is 6.64. The minimum Gasteiger partial charge on any atom is -0.348 e. The molecule has 0 saturated carbocycles. The molecular weight excluding hydrogens is 162 g/mol. The van der Waals surface area contributed by atoms with Crippen molar-refractivity contribution in [2.45, 2.75) is 19.9 Å². The summed E-state index contributed by atoms with van der Waals surface area (Å²) in [5, 5.41) is 3.44. The third kappa shape index (κ3) is 4.22.